The summed E-state index contributed by atoms with van der Waals surface area (Å²) in [5, 5.41) is 12.4. The van der Waals surface area contributed by atoms with Gasteiger partial charge in [-0.25, -0.2) is 19.6 Å². The van der Waals surface area contributed by atoms with Gasteiger partial charge in [0.15, 0.2) is 17.0 Å². The lowest BCUT2D eigenvalue weighted by Gasteiger charge is -2.39. The van der Waals surface area contributed by atoms with Crippen molar-refractivity contribution < 1.29 is 28.1 Å². The molecule has 62 heavy (non-hydrogen) atoms. The molecule has 1 fully saturated rings. The van der Waals surface area contributed by atoms with Gasteiger partial charge in [-0.2, -0.15) is 5.26 Å². The maximum Gasteiger partial charge on any atom is 0.259 e. The van der Waals surface area contributed by atoms with Crippen LogP contribution in [0.5, 0.6) is 11.5 Å². The van der Waals surface area contributed by atoms with E-state index in [0.29, 0.717) is 42.0 Å². The second kappa shape index (κ2) is 20.4. The van der Waals surface area contributed by atoms with Gasteiger partial charge in [0.25, 0.3) is 14.4 Å². The summed E-state index contributed by atoms with van der Waals surface area (Å²) in [7, 11) is 1.74. The number of methoxy groups -OCH3 is 2. The Hall–Kier alpha value is -5.74. The second-order valence-corrected chi connectivity index (χ2v) is 17.2. The summed E-state index contributed by atoms with van der Waals surface area (Å²) in [4.78, 5) is 27.0. The Morgan fingerprint density at radius 3 is 2.02 bits per heavy atom. The predicted octanol–water partition coefficient (Wildman–Crippen LogP) is 9.72. The number of carbonyl (C=O) groups excluding carboxylic acids is 1. The molecule has 322 valence electrons. The van der Waals surface area contributed by atoms with Crippen molar-refractivity contribution in [1.82, 2.24) is 24.2 Å². The van der Waals surface area contributed by atoms with Crippen LogP contribution < -0.4 is 14.8 Å². The zero-order chi connectivity index (χ0) is 43.6. The first-order valence-corrected chi connectivity index (χ1v) is 22.1. The van der Waals surface area contributed by atoms with Crippen molar-refractivity contribution in [3.63, 3.8) is 0 Å². The van der Waals surface area contributed by atoms with E-state index in [1.54, 1.807) is 32.7 Å². The van der Waals surface area contributed by atoms with Crippen molar-refractivity contribution in [1.29, 1.82) is 5.26 Å². The topological polar surface area (TPSA) is 146 Å². The maximum absolute atomic E-state index is 13.2. The number of fused-ring (bicyclic) bond motifs is 1. The van der Waals surface area contributed by atoms with Crippen molar-refractivity contribution in [2.45, 2.75) is 76.8 Å². The molecule has 2 heterocycles. The van der Waals surface area contributed by atoms with Crippen LogP contribution in [0.4, 0.5) is 5.82 Å². The second-order valence-electron chi connectivity index (χ2n) is 15.8. The molecule has 6 aromatic rings. The lowest BCUT2D eigenvalue weighted by atomic mass is 9.80. The summed E-state index contributed by atoms with van der Waals surface area (Å²) in [5.41, 5.74) is 3.37. The highest BCUT2D eigenvalue weighted by Crippen LogP contribution is 2.52. The fraction of sp³-hybridized carbons (Fsp3) is 0.354. The molecule has 1 saturated carbocycles. The minimum Gasteiger partial charge on any atom is -0.497 e. The number of rotatable bonds is 19. The Morgan fingerprint density at radius 2 is 1.44 bits per heavy atom. The van der Waals surface area contributed by atoms with Crippen LogP contribution in [0, 0.1) is 17.2 Å². The zero-order valence-electron chi connectivity index (χ0n) is 36.0. The van der Waals surface area contributed by atoms with E-state index in [1.807, 2.05) is 60.7 Å². The van der Waals surface area contributed by atoms with Gasteiger partial charge in [0, 0.05) is 29.6 Å². The van der Waals surface area contributed by atoms with Crippen LogP contribution in [-0.2, 0) is 19.4 Å². The van der Waals surface area contributed by atoms with E-state index in [1.165, 1.54) is 6.33 Å². The van der Waals surface area contributed by atoms with Gasteiger partial charge in [-0.15, -0.1) is 0 Å². The molecule has 0 bridgehead atoms. The number of ether oxygens (including phenoxy) is 3. The molecule has 0 spiro atoms. The summed E-state index contributed by atoms with van der Waals surface area (Å²) >= 11 is 0. The molecule has 0 saturated heterocycles. The van der Waals surface area contributed by atoms with Gasteiger partial charge in [-0.05, 0) is 93.6 Å². The number of imidazole rings is 1. The number of aromatic nitrogens is 4. The van der Waals surface area contributed by atoms with E-state index in [-0.39, 0.29) is 49.1 Å². The molecule has 7 rings (SSSR count). The number of nitrogens with one attached hydrogen (secondary N) is 1. The van der Waals surface area contributed by atoms with Crippen LogP contribution in [0.3, 0.4) is 0 Å². The fourth-order valence-corrected chi connectivity index (χ4v) is 10.1. The van der Waals surface area contributed by atoms with Gasteiger partial charge in [0.1, 0.15) is 23.4 Å². The normalized spacial score (nSPS) is 17.1. The first-order chi connectivity index (χ1) is 30.2. The van der Waals surface area contributed by atoms with Crippen molar-refractivity contribution in [3.8, 4) is 17.6 Å². The van der Waals surface area contributed by atoms with Crippen LogP contribution in [0.25, 0.3) is 11.2 Å². The summed E-state index contributed by atoms with van der Waals surface area (Å²) in [5.74, 6) is 1.38. The SMILES string of the molecule is COc1ccc(C(OC[C@H]2C[C@@H](n3cnc4c(NC(=O)c5ccccc5)ncnc43)C[C@@H]2OP(OCCC#N)N(C(C)C)C(C)C)(c2ccccc2)c2ccc(OC)cc2)cc1. The van der Waals surface area contributed by atoms with Gasteiger partial charge in [-0.1, -0.05) is 72.8 Å². The zero-order valence-corrected chi connectivity index (χ0v) is 36.9. The van der Waals surface area contributed by atoms with E-state index in [2.05, 4.69) is 94.7 Å². The summed E-state index contributed by atoms with van der Waals surface area (Å²) in [6.07, 6.45) is 4.40. The Labute approximate surface area is 365 Å². The van der Waals surface area contributed by atoms with Crippen LogP contribution in [0.1, 0.15) is 80.0 Å². The Bertz CT molecular complexity index is 2350. The lowest BCUT2D eigenvalue weighted by molar-refractivity contribution is -0.0276. The predicted molar refractivity (Wildman–Crippen MR) is 240 cm³/mol. The van der Waals surface area contributed by atoms with Crippen LogP contribution in [-0.4, -0.2) is 75.7 Å². The highest BCUT2D eigenvalue weighted by atomic mass is 31.2. The van der Waals surface area contributed by atoms with Crippen molar-refractivity contribution >= 4 is 31.4 Å². The molecule has 4 aromatic carbocycles. The number of benzene rings is 4. The van der Waals surface area contributed by atoms with E-state index in [9.17, 15) is 10.1 Å². The summed E-state index contributed by atoms with van der Waals surface area (Å²) in [6, 6.07) is 37.6. The molecule has 0 aliphatic heterocycles. The first kappa shape index (κ1) is 44.3. The quantitative estimate of drug-likeness (QED) is 0.0472. The molecular formula is C48H54N7O6P. The molecule has 2 aromatic heterocycles. The van der Waals surface area contributed by atoms with E-state index < -0.39 is 14.1 Å². The van der Waals surface area contributed by atoms with E-state index >= 15 is 0 Å². The van der Waals surface area contributed by atoms with Crippen molar-refractivity contribution in [3.05, 3.63) is 144 Å². The monoisotopic (exact) mass is 855 g/mol. The number of anilines is 1. The number of nitrogens with zero attached hydrogens (tertiary/aromatic N) is 6. The van der Waals surface area contributed by atoms with Gasteiger partial charge in [0.05, 0.1) is 52.4 Å². The van der Waals surface area contributed by atoms with Crippen molar-refractivity contribution in [2.75, 3.05) is 32.8 Å². The molecule has 1 unspecified atom stereocenters. The minimum atomic E-state index is -1.58. The third kappa shape index (κ3) is 9.65. The number of hydrogen-bond acceptors (Lipinski definition) is 11. The lowest BCUT2D eigenvalue weighted by Crippen LogP contribution is -2.37. The Morgan fingerprint density at radius 1 is 0.839 bits per heavy atom. The van der Waals surface area contributed by atoms with E-state index in [4.69, 9.17) is 28.2 Å². The summed E-state index contributed by atoms with van der Waals surface area (Å²) in [6.45, 7) is 9.09. The third-order valence-electron chi connectivity index (χ3n) is 11.2. The number of nitriles is 1. The minimum absolute atomic E-state index is 0.109. The first-order valence-electron chi connectivity index (χ1n) is 20.9. The maximum atomic E-state index is 13.2. The molecular weight excluding hydrogens is 802 g/mol. The highest BCUT2D eigenvalue weighted by Gasteiger charge is 2.44. The molecule has 0 radical (unpaired) electrons. The molecule has 1 aliphatic rings. The number of carbonyl (C=O) groups is 1. The molecule has 4 atom stereocenters. The molecule has 13 nitrogen and oxygen atoms in total. The number of hydrogen-bond donors (Lipinski definition) is 1. The smallest absolute Gasteiger partial charge is 0.259 e. The van der Waals surface area contributed by atoms with Gasteiger partial charge in [0.2, 0.25) is 0 Å². The molecule has 1 aliphatic carbocycles. The third-order valence-corrected chi connectivity index (χ3v) is 13.4. The van der Waals surface area contributed by atoms with Gasteiger partial charge < -0.3 is 33.1 Å². The Balaban J connectivity index is 1.28. The largest absolute Gasteiger partial charge is 0.497 e. The Kier molecular flexibility index (Phi) is 14.6. The number of amides is 1. The summed E-state index contributed by atoms with van der Waals surface area (Å²) < 4.78 is 36.6. The van der Waals surface area contributed by atoms with Gasteiger partial charge >= 0.3 is 0 Å². The molecule has 14 heteroatoms. The fourth-order valence-electron chi connectivity index (χ4n) is 8.29. The van der Waals surface area contributed by atoms with Crippen LogP contribution in [0.15, 0.2) is 122 Å². The average Bonchev–Trinajstić information content (AvgIpc) is 3.92. The standard InChI is InChI=1S/C48H54N7O6P/c1-33(2)55(34(3)4)62(60-27-13-26-49)61-43-29-40(54-32-52-44-45(50-31-51-46(44)54)53-47(56)35-14-9-7-10-15-35)28-36(43)30-59-48(37-16-11-8-12-17-37,38-18-22-41(57-5)23-19-38)39-20-24-42(58-6)25-21-39/h7-12,14-25,31-34,36,40,43H,13,27-30H2,1-6H3,(H,50,51,53,56)/t36-,40-,43+,62?/m1/s1. The molecule has 1 amide bonds. The highest BCUT2D eigenvalue weighted by molar-refractivity contribution is 7.44. The van der Waals surface area contributed by atoms with Crippen LogP contribution in [0.2, 0.25) is 0 Å². The molecule has 1 N–H and O–H groups in total. The van der Waals surface area contributed by atoms with E-state index in [0.717, 1.165) is 28.2 Å². The van der Waals surface area contributed by atoms with Crippen molar-refractivity contribution in [2.24, 2.45) is 5.92 Å². The van der Waals surface area contributed by atoms with Gasteiger partial charge in [-0.3, -0.25) is 4.79 Å². The van der Waals surface area contributed by atoms with Crippen LogP contribution >= 0.6 is 8.53 Å². The average molecular weight is 856 g/mol.